The van der Waals surface area contributed by atoms with Gasteiger partial charge in [-0.3, -0.25) is 10.1 Å². The van der Waals surface area contributed by atoms with Crippen molar-refractivity contribution in [3.63, 3.8) is 0 Å². The number of urea groups is 1. The second-order valence-electron chi connectivity index (χ2n) is 7.33. The molecule has 160 valence electrons. The zero-order valence-electron chi connectivity index (χ0n) is 16.8. The monoisotopic (exact) mass is 423 g/mol. The molecule has 1 aromatic rings. The van der Waals surface area contributed by atoms with Gasteiger partial charge in [-0.1, -0.05) is 19.3 Å². The first-order valence-corrected chi connectivity index (χ1v) is 11.1. The Morgan fingerprint density at radius 1 is 1.14 bits per heavy atom. The van der Waals surface area contributed by atoms with E-state index in [0.717, 1.165) is 12.8 Å². The second kappa shape index (κ2) is 10.4. The van der Waals surface area contributed by atoms with Crippen molar-refractivity contribution in [2.24, 2.45) is 0 Å². The van der Waals surface area contributed by atoms with E-state index in [1.165, 1.54) is 30.6 Å². The first-order valence-electron chi connectivity index (χ1n) is 10.3. The van der Waals surface area contributed by atoms with Crippen LogP contribution < -0.4 is 10.6 Å². The maximum absolute atomic E-state index is 12.4. The van der Waals surface area contributed by atoms with E-state index in [1.54, 1.807) is 22.1 Å². The minimum absolute atomic E-state index is 0.0184. The molecule has 2 N–H and O–H groups in total. The molecule has 2 aliphatic rings. The summed E-state index contributed by atoms with van der Waals surface area (Å²) in [6, 6.07) is 0.0309. The topological polar surface area (TPSA) is 104 Å². The SMILES string of the molecule is CCOC(=O)N1CCN(C(=O)Nc2nc(CC(=O)NC3CCCCC3)cs2)CC1. The van der Waals surface area contributed by atoms with Crippen LogP contribution in [0.5, 0.6) is 0 Å². The summed E-state index contributed by atoms with van der Waals surface area (Å²) in [4.78, 5) is 44.0. The zero-order valence-corrected chi connectivity index (χ0v) is 17.6. The van der Waals surface area contributed by atoms with Crippen molar-refractivity contribution in [2.45, 2.75) is 51.5 Å². The first kappa shape index (κ1) is 21.4. The van der Waals surface area contributed by atoms with Crippen LogP contribution >= 0.6 is 11.3 Å². The van der Waals surface area contributed by atoms with Gasteiger partial charge in [0.05, 0.1) is 18.7 Å². The van der Waals surface area contributed by atoms with Gasteiger partial charge in [0.25, 0.3) is 0 Å². The van der Waals surface area contributed by atoms with Crippen molar-refractivity contribution in [1.29, 1.82) is 0 Å². The van der Waals surface area contributed by atoms with Gasteiger partial charge in [-0.15, -0.1) is 11.3 Å². The molecule has 0 unspecified atom stereocenters. The highest BCUT2D eigenvalue weighted by Crippen LogP contribution is 2.19. The van der Waals surface area contributed by atoms with Crippen molar-refractivity contribution in [3.05, 3.63) is 11.1 Å². The number of rotatable bonds is 5. The lowest BCUT2D eigenvalue weighted by atomic mass is 9.95. The van der Waals surface area contributed by atoms with Gasteiger partial charge >= 0.3 is 12.1 Å². The Morgan fingerprint density at radius 3 is 2.52 bits per heavy atom. The van der Waals surface area contributed by atoms with Crippen molar-refractivity contribution in [1.82, 2.24) is 20.1 Å². The smallest absolute Gasteiger partial charge is 0.409 e. The van der Waals surface area contributed by atoms with Crippen LogP contribution in [0.25, 0.3) is 0 Å². The van der Waals surface area contributed by atoms with Gasteiger partial charge < -0.3 is 19.9 Å². The summed E-state index contributed by atoms with van der Waals surface area (Å²) in [5.74, 6) is -0.0184. The third-order valence-electron chi connectivity index (χ3n) is 5.17. The van der Waals surface area contributed by atoms with E-state index in [4.69, 9.17) is 4.74 Å². The number of nitrogens with zero attached hydrogens (tertiary/aromatic N) is 3. The molecule has 1 aliphatic heterocycles. The molecule has 3 rings (SSSR count). The highest BCUT2D eigenvalue weighted by molar-refractivity contribution is 7.13. The number of aromatic nitrogens is 1. The Hall–Kier alpha value is -2.36. The average Bonchev–Trinajstić information content (AvgIpc) is 3.15. The molecule has 2 fully saturated rings. The predicted octanol–water partition coefficient (Wildman–Crippen LogP) is 2.44. The number of anilines is 1. The van der Waals surface area contributed by atoms with Crippen molar-refractivity contribution < 1.29 is 19.1 Å². The first-order chi connectivity index (χ1) is 14.0. The Balaban J connectivity index is 1.42. The number of thiazole rings is 1. The lowest BCUT2D eigenvalue weighted by Crippen LogP contribution is -2.51. The van der Waals surface area contributed by atoms with Crippen molar-refractivity contribution in [2.75, 3.05) is 38.1 Å². The Morgan fingerprint density at radius 2 is 1.83 bits per heavy atom. The molecule has 0 radical (unpaired) electrons. The van der Waals surface area contributed by atoms with Gasteiger partial charge in [-0.2, -0.15) is 0 Å². The molecular formula is C19H29N5O4S. The highest BCUT2D eigenvalue weighted by Gasteiger charge is 2.25. The molecular weight excluding hydrogens is 394 g/mol. The summed E-state index contributed by atoms with van der Waals surface area (Å²) in [6.45, 7) is 3.86. The predicted molar refractivity (Wildman–Crippen MR) is 110 cm³/mol. The Bertz CT molecular complexity index is 711. The van der Waals surface area contributed by atoms with Crippen LogP contribution in [0.2, 0.25) is 0 Å². The van der Waals surface area contributed by atoms with Crippen LogP contribution in [0, 0.1) is 0 Å². The summed E-state index contributed by atoms with van der Waals surface area (Å²) in [7, 11) is 0. The molecule has 2 heterocycles. The largest absolute Gasteiger partial charge is 0.450 e. The summed E-state index contributed by atoms with van der Waals surface area (Å²) in [5.41, 5.74) is 0.658. The Labute approximate surface area is 174 Å². The minimum atomic E-state index is -0.344. The molecule has 1 saturated heterocycles. The average molecular weight is 424 g/mol. The second-order valence-corrected chi connectivity index (χ2v) is 8.18. The molecule has 4 amide bonds. The number of amides is 4. The minimum Gasteiger partial charge on any atom is -0.450 e. The standard InChI is InChI=1S/C19H29N5O4S/c1-2-28-19(27)24-10-8-23(9-11-24)18(26)22-17-21-15(13-29-17)12-16(25)20-14-6-4-3-5-7-14/h13-14H,2-12H2,1H3,(H,20,25)(H,21,22,26). The summed E-state index contributed by atoms with van der Waals surface area (Å²) >= 11 is 1.31. The van der Waals surface area contributed by atoms with Gasteiger partial charge in [-0.05, 0) is 19.8 Å². The molecule has 0 spiro atoms. The molecule has 29 heavy (non-hydrogen) atoms. The number of piperazine rings is 1. The molecule has 1 aliphatic carbocycles. The molecule has 10 heteroatoms. The maximum Gasteiger partial charge on any atom is 0.409 e. The maximum atomic E-state index is 12.4. The fourth-order valence-corrected chi connectivity index (χ4v) is 4.31. The Kier molecular flexibility index (Phi) is 7.68. The quantitative estimate of drug-likeness (QED) is 0.757. The molecule has 1 saturated carbocycles. The van der Waals surface area contributed by atoms with Crippen LogP contribution in [-0.4, -0.2) is 71.6 Å². The zero-order chi connectivity index (χ0) is 20.6. The van der Waals surface area contributed by atoms with Crippen LogP contribution in [0.1, 0.15) is 44.7 Å². The van der Waals surface area contributed by atoms with E-state index in [0.29, 0.717) is 43.6 Å². The third kappa shape index (κ3) is 6.31. The van der Waals surface area contributed by atoms with E-state index in [-0.39, 0.29) is 30.5 Å². The van der Waals surface area contributed by atoms with Gasteiger partial charge in [0, 0.05) is 37.6 Å². The molecule has 0 aromatic carbocycles. The number of ether oxygens (including phenoxy) is 1. The van der Waals surface area contributed by atoms with E-state index in [1.807, 2.05) is 0 Å². The van der Waals surface area contributed by atoms with Gasteiger partial charge in [0.15, 0.2) is 5.13 Å². The van der Waals surface area contributed by atoms with Crippen LogP contribution in [-0.2, 0) is 16.0 Å². The molecule has 9 nitrogen and oxygen atoms in total. The van der Waals surface area contributed by atoms with Crippen LogP contribution in [0.4, 0.5) is 14.7 Å². The van der Waals surface area contributed by atoms with Gasteiger partial charge in [0.2, 0.25) is 5.91 Å². The number of hydrogen-bond acceptors (Lipinski definition) is 6. The third-order valence-corrected chi connectivity index (χ3v) is 5.98. The number of carbonyl (C=O) groups excluding carboxylic acids is 3. The fraction of sp³-hybridized carbons (Fsp3) is 0.684. The fourth-order valence-electron chi connectivity index (χ4n) is 3.61. The van der Waals surface area contributed by atoms with Crippen LogP contribution in [0.15, 0.2) is 5.38 Å². The van der Waals surface area contributed by atoms with E-state index in [2.05, 4.69) is 15.6 Å². The normalized spacial score (nSPS) is 17.7. The molecule has 0 atom stereocenters. The summed E-state index contributed by atoms with van der Waals surface area (Å²) < 4.78 is 4.98. The van der Waals surface area contributed by atoms with Gasteiger partial charge in [0.1, 0.15) is 0 Å². The van der Waals surface area contributed by atoms with Gasteiger partial charge in [-0.25, -0.2) is 14.6 Å². The van der Waals surface area contributed by atoms with Crippen molar-refractivity contribution in [3.8, 4) is 0 Å². The molecule has 0 bridgehead atoms. The number of hydrogen-bond donors (Lipinski definition) is 2. The number of nitrogens with one attached hydrogen (secondary N) is 2. The van der Waals surface area contributed by atoms with Crippen LogP contribution in [0.3, 0.4) is 0 Å². The van der Waals surface area contributed by atoms with E-state index < -0.39 is 0 Å². The lowest BCUT2D eigenvalue weighted by Gasteiger charge is -2.33. The highest BCUT2D eigenvalue weighted by atomic mass is 32.1. The summed E-state index contributed by atoms with van der Waals surface area (Å²) in [5, 5.41) is 8.14. The van der Waals surface area contributed by atoms with Crippen molar-refractivity contribution >= 4 is 34.5 Å². The lowest BCUT2D eigenvalue weighted by molar-refractivity contribution is -0.121. The van der Waals surface area contributed by atoms with E-state index >= 15 is 0 Å². The molecule has 1 aromatic heterocycles. The number of carbonyl (C=O) groups is 3. The van der Waals surface area contributed by atoms with E-state index in [9.17, 15) is 14.4 Å². The summed E-state index contributed by atoms with van der Waals surface area (Å²) in [6.07, 6.45) is 5.57.